The Morgan fingerprint density at radius 2 is 1.81 bits per heavy atom. The number of carbonyl (C=O) groups excluding carboxylic acids is 1. The van der Waals surface area contributed by atoms with E-state index in [4.69, 9.17) is 10.5 Å². The first-order valence-electron chi connectivity index (χ1n) is 6.95. The lowest BCUT2D eigenvalue weighted by molar-refractivity contribution is -0.123. The fourth-order valence-electron chi connectivity index (χ4n) is 2.05. The first kappa shape index (κ1) is 14.9. The van der Waals surface area contributed by atoms with E-state index in [1.807, 2.05) is 37.3 Å². The van der Waals surface area contributed by atoms with E-state index in [0.29, 0.717) is 11.4 Å². The number of nitrogens with two attached hydrogens (primary N) is 1. The van der Waals surface area contributed by atoms with E-state index in [-0.39, 0.29) is 18.6 Å². The van der Waals surface area contributed by atoms with Gasteiger partial charge >= 0.3 is 0 Å². The number of hydrogen-bond acceptors (Lipinski definition) is 3. The molecular weight excluding hydrogens is 264 g/mol. The van der Waals surface area contributed by atoms with Gasteiger partial charge in [-0.25, -0.2) is 0 Å². The third kappa shape index (κ3) is 5.18. The van der Waals surface area contributed by atoms with Gasteiger partial charge in [0.1, 0.15) is 5.75 Å². The first-order chi connectivity index (χ1) is 10.1. The average molecular weight is 284 g/mol. The Bertz CT molecular complexity index is 567. The molecule has 0 saturated carbocycles. The van der Waals surface area contributed by atoms with Crippen molar-refractivity contribution in [1.82, 2.24) is 5.32 Å². The molecule has 0 saturated heterocycles. The highest BCUT2D eigenvalue weighted by molar-refractivity contribution is 5.77. The maximum atomic E-state index is 11.8. The molecule has 1 unspecified atom stereocenters. The fraction of sp³-hybridized carbons (Fsp3) is 0.235. The SMILES string of the molecule is CC(Cc1ccccc1)NC(=O)COc1ccc(N)cc1. The standard InChI is InChI=1S/C17H20N2O2/c1-13(11-14-5-3-2-4-6-14)19-17(20)12-21-16-9-7-15(18)8-10-16/h2-10,13H,11-12,18H2,1H3,(H,19,20). The highest BCUT2D eigenvalue weighted by Gasteiger charge is 2.08. The zero-order chi connectivity index (χ0) is 15.1. The molecule has 0 radical (unpaired) electrons. The molecule has 21 heavy (non-hydrogen) atoms. The molecule has 4 heteroatoms. The van der Waals surface area contributed by atoms with Crippen molar-refractivity contribution in [2.45, 2.75) is 19.4 Å². The number of rotatable bonds is 6. The lowest BCUT2D eigenvalue weighted by Crippen LogP contribution is -2.37. The number of anilines is 1. The number of carbonyl (C=O) groups is 1. The van der Waals surface area contributed by atoms with Crippen LogP contribution in [0.2, 0.25) is 0 Å². The van der Waals surface area contributed by atoms with Crippen LogP contribution >= 0.6 is 0 Å². The normalized spacial score (nSPS) is 11.7. The Hall–Kier alpha value is -2.49. The monoisotopic (exact) mass is 284 g/mol. The molecule has 0 spiro atoms. The molecule has 0 aliphatic rings. The molecule has 0 aliphatic carbocycles. The van der Waals surface area contributed by atoms with Crippen molar-refractivity contribution < 1.29 is 9.53 Å². The molecule has 0 heterocycles. The Morgan fingerprint density at radius 3 is 2.48 bits per heavy atom. The van der Waals surface area contributed by atoms with Crippen LogP contribution < -0.4 is 15.8 Å². The van der Waals surface area contributed by atoms with Crippen LogP contribution in [-0.4, -0.2) is 18.6 Å². The van der Waals surface area contributed by atoms with Crippen molar-refractivity contribution in [1.29, 1.82) is 0 Å². The van der Waals surface area contributed by atoms with Crippen LogP contribution in [0, 0.1) is 0 Å². The van der Waals surface area contributed by atoms with E-state index in [0.717, 1.165) is 6.42 Å². The molecule has 0 aromatic heterocycles. The van der Waals surface area contributed by atoms with Gasteiger partial charge in [0.05, 0.1) is 0 Å². The zero-order valence-corrected chi connectivity index (χ0v) is 12.1. The van der Waals surface area contributed by atoms with Crippen molar-refractivity contribution in [3.8, 4) is 5.75 Å². The van der Waals surface area contributed by atoms with Gasteiger partial charge in [-0.05, 0) is 43.2 Å². The smallest absolute Gasteiger partial charge is 0.258 e. The first-order valence-corrected chi connectivity index (χ1v) is 6.95. The summed E-state index contributed by atoms with van der Waals surface area (Å²) in [6.45, 7) is 1.98. The summed E-state index contributed by atoms with van der Waals surface area (Å²) in [7, 11) is 0. The Balaban J connectivity index is 1.75. The lowest BCUT2D eigenvalue weighted by Gasteiger charge is -2.14. The van der Waals surface area contributed by atoms with Crippen molar-refractivity contribution in [2.75, 3.05) is 12.3 Å². The number of nitrogens with one attached hydrogen (secondary N) is 1. The number of amides is 1. The molecule has 1 amide bonds. The summed E-state index contributed by atoms with van der Waals surface area (Å²) in [5, 5.41) is 2.92. The summed E-state index contributed by atoms with van der Waals surface area (Å²) in [4.78, 5) is 11.8. The van der Waals surface area contributed by atoms with Gasteiger partial charge in [-0.3, -0.25) is 4.79 Å². The van der Waals surface area contributed by atoms with Gasteiger partial charge in [-0.2, -0.15) is 0 Å². The zero-order valence-electron chi connectivity index (χ0n) is 12.1. The van der Waals surface area contributed by atoms with E-state index in [2.05, 4.69) is 5.32 Å². The summed E-state index contributed by atoms with van der Waals surface area (Å²) in [5.74, 6) is 0.505. The summed E-state index contributed by atoms with van der Waals surface area (Å²) < 4.78 is 5.41. The Labute approximate surface area is 124 Å². The van der Waals surface area contributed by atoms with Gasteiger partial charge in [0, 0.05) is 11.7 Å². The van der Waals surface area contributed by atoms with Gasteiger partial charge in [-0.15, -0.1) is 0 Å². The van der Waals surface area contributed by atoms with Crippen LogP contribution in [0.1, 0.15) is 12.5 Å². The molecule has 1 atom stereocenters. The van der Waals surface area contributed by atoms with Gasteiger partial charge in [0.15, 0.2) is 6.61 Å². The topological polar surface area (TPSA) is 64.3 Å². The highest BCUT2D eigenvalue weighted by atomic mass is 16.5. The van der Waals surface area contributed by atoms with Crippen molar-refractivity contribution in [2.24, 2.45) is 0 Å². The van der Waals surface area contributed by atoms with Crippen LogP contribution in [0.3, 0.4) is 0 Å². The Morgan fingerprint density at radius 1 is 1.14 bits per heavy atom. The lowest BCUT2D eigenvalue weighted by atomic mass is 10.1. The fourth-order valence-corrected chi connectivity index (χ4v) is 2.05. The molecule has 4 nitrogen and oxygen atoms in total. The van der Waals surface area contributed by atoms with Crippen LogP contribution in [-0.2, 0) is 11.2 Å². The third-order valence-corrected chi connectivity index (χ3v) is 3.04. The van der Waals surface area contributed by atoms with Gasteiger partial charge < -0.3 is 15.8 Å². The second kappa shape index (κ2) is 7.33. The van der Waals surface area contributed by atoms with E-state index in [1.54, 1.807) is 24.3 Å². The molecule has 3 N–H and O–H groups in total. The van der Waals surface area contributed by atoms with Crippen LogP contribution in [0.15, 0.2) is 54.6 Å². The van der Waals surface area contributed by atoms with Crippen molar-refractivity contribution >= 4 is 11.6 Å². The van der Waals surface area contributed by atoms with Gasteiger partial charge in [0.25, 0.3) is 5.91 Å². The third-order valence-electron chi connectivity index (χ3n) is 3.04. The number of nitrogen functional groups attached to an aromatic ring is 1. The average Bonchev–Trinajstić information content (AvgIpc) is 2.47. The summed E-state index contributed by atoms with van der Waals surface area (Å²) >= 11 is 0. The quantitative estimate of drug-likeness (QED) is 0.801. The molecule has 0 aliphatic heterocycles. The van der Waals surface area contributed by atoms with Crippen molar-refractivity contribution in [3.05, 3.63) is 60.2 Å². The highest BCUT2D eigenvalue weighted by Crippen LogP contribution is 2.12. The van der Waals surface area contributed by atoms with Crippen molar-refractivity contribution in [3.63, 3.8) is 0 Å². The summed E-state index contributed by atoms with van der Waals surface area (Å²) in [6, 6.07) is 17.1. The minimum atomic E-state index is -0.129. The number of benzene rings is 2. The molecule has 2 rings (SSSR count). The molecule has 0 fully saturated rings. The van der Waals surface area contributed by atoms with Gasteiger partial charge in [0.2, 0.25) is 0 Å². The second-order valence-electron chi connectivity index (χ2n) is 5.02. The largest absolute Gasteiger partial charge is 0.484 e. The van der Waals surface area contributed by atoms with E-state index < -0.39 is 0 Å². The predicted octanol–water partition coefficient (Wildman–Crippen LogP) is 2.40. The number of ether oxygens (including phenoxy) is 1. The van der Waals surface area contributed by atoms with E-state index in [1.165, 1.54) is 5.56 Å². The molecule has 2 aromatic rings. The van der Waals surface area contributed by atoms with Gasteiger partial charge in [-0.1, -0.05) is 30.3 Å². The Kier molecular flexibility index (Phi) is 5.21. The minimum Gasteiger partial charge on any atom is -0.484 e. The summed E-state index contributed by atoms with van der Waals surface area (Å²) in [5.41, 5.74) is 7.46. The van der Waals surface area contributed by atoms with Crippen LogP contribution in [0.4, 0.5) is 5.69 Å². The van der Waals surface area contributed by atoms with Crippen LogP contribution in [0.5, 0.6) is 5.75 Å². The van der Waals surface area contributed by atoms with E-state index >= 15 is 0 Å². The summed E-state index contributed by atoms with van der Waals surface area (Å²) in [6.07, 6.45) is 0.800. The predicted molar refractivity (Wildman–Crippen MR) is 84.1 cm³/mol. The maximum Gasteiger partial charge on any atom is 0.258 e. The molecule has 2 aromatic carbocycles. The van der Waals surface area contributed by atoms with Crippen LogP contribution in [0.25, 0.3) is 0 Å². The van der Waals surface area contributed by atoms with E-state index in [9.17, 15) is 4.79 Å². The molecular formula is C17H20N2O2. The maximum absolute atomic E-state index is 11.8. The molecule has 0 bridgehead atoms. The minimum absolute atomic E-state index is 0.00302. The molecule has 110 valence electrons. The second-order valence-corrected chi connectivity index (χ2v) is 5.02. The number of hydrogen-bond donors (Lipinski definition) is 2.